The minimum absolute atomic E-state index is 0.0699. The molecule has 9 nitrogen and oxygen atoms in total. The topological polar surface area (TPSA) is 154 Å². The van der Waals surface area contributed by atoms with Gasteiger partial charge < -0.3 is 15.8 Å². The average Bonchev–Trinajstić information content (AvgIpc) is 2.97. The molecule has 12 heteroatoms. The molecule has 5 N–H and O–H groups in total. The van der Waals surface area contributed by atoms with E-state index < -0.39 is 21.8 Å². The number of aliphatic imine (C=N–C) groups is 1. The second kappa shape index (κ2) is 8.88. The van der Waals surface area contributed by atoms with E-state index in [0.29, 0.717) is 26.9 Å². The van der Waals surface area contributed by atoms with Crippen LogP contribution in [0.5, 0.6) is 5.75 Å². The van der Waals surface area contributed by atoms with Crippen molar-refractivity contribution in [3.63, 3.8) is 0 Å². The zero-order valence-corrected chi connectivity index (χ0v) is 17.6. The molecule has 30 heavy (non-hydrogen) atoms. The Labute approximate surface area is 181 Å². The number of primary sulfonamides is 1. The molecule has 2 amide bonds. The molecule has 0 atom stereocenters. The van der Waals surface area contributed by atoms with Gasteiger partial charge >= 0.3 is 0 Å². The summed E-state index contributed by atoms with van der Waals surface area (Å²) in [6.07, 6.45) is 1.53. The molecule has 156 valence electrons. The van der Waals surface area contributed by atoms with Gasteiger partial charge in [-0.1, -0.05) is 11.6 Å². The summed E-state index contributed by atoms with van der Waals surface area (Å²) in [4.78, 5) is 27.8. The van der Waals surface area contributed by atoms with Crippen LogP contribution < -0.4 is 20.9 Å². The van der Waals surface area contributed by atoms with Gasteiger partial charge in [0.25, 0.3) is 11.8 Å². The van der Waals surface area contributed by atoms with Crippen LogP contribution in [0.25, 0.3) is 6.08 Å². The molecule has 0 bridgehead atoms. The maximum Gasteiger partial charge on any atom is 0.286 e. The number of carbonyl (C=O) groups is 2. The highest BCUT2D eigenvalue weighted by Crippen LogP contribution is 2.31. The molecule has 2 aromatic carbocycles. The van der Waals surface area contributed by atoms with Crippen molar-refractivity contribution in [2.45, 2.75) is 4.90 Å². The number of thioether (sulfide) groups is 1. The summed E-state index contributed by atoms with van der Waals surface area (Å²) in [6.45, 7) is -0.339. The van der Waals surface area contributed by atoms with Gasteiger partial charge in [-0.25, -0.2) is 13.6 Å². The lowest BCUT2D eigenvalue weighted by molar-refractivity contribution is -0.118. The van der Waals surface area contributed by atoms with Crippen molar-refractivity contribution in [1.29, 1.82) is 0 Å². The second-order valence-corrected chi connectivity index (χ2v) is 9.01. The summed E-state index contributed by atoms with van der Waals surface area (Å²) < 4.78 is 28.1. The molecule has 0 radical (unpaired) electrons. The highest BCUT2D eigenvalue weighted by Gasteiger charge is 2.20. The maximum absolute atomic E-state index is 12.2. The molecular weight excluding hydrogens is 452 g/mol. The lowest BCUT2D eigenvalue weighted by Crippen LogP contribution is -2.20. The van der Waals surface area contributed by atoms with Crippen molar-refractivity contribution in [3.05, 3.63) is 58.0 Å². The van der Waals surface area contributed by atoms with Gasteiger partial charge in [-0.2, -0.15) is 4.99 Å². The molecule has 0 spiro atoms. The molecule has 2 aromatic rings. The summed E-state index contributed by atoms with van der Waals surface area (Å²) in [5.41, 5.74) is 6.39. The van der Waals surface area contributed by atoms with Gasteiger partial charge in [-0.05, 0) is 60.3 Å². The molecule has 0 aliphatic carbocycles. The Morgan fingerprint density at radius 2 is 1.93 bits per heavy atom. The highest BCUT2D eigenvalue weighted by molar-refractivity contribution is 8.18. The highest BCUT2D eigenvalue weighted by atomic mass is 35.5. The van der Waals surface area contributed by atoms with Crippen LogP contribution in [-0.4, -0.2) is 32.0 Å². The Hall–Kier alpha value is -2.86. The van der Waals surface area contributed by atoms with Crippen molar-refractivity contribution >= 4 is 62.1 Å². The van der Waals surface area contributed by atoms with Gasteiger partial charge in [0.15, 0.2) is 11.8 Å². The van der Waals surface area contributed by atoms with E-state index in [0.717, 1.165) is 11.8 Å². The first-order chi connectivity index (χ1) is 14.1. The van der Waals surface area contributed by atoms with E-state index in [1.807, 2.05) is 0 Å². The molecule has 1 heterocycles. The SMILES string of the molecule is NC1=NC(=O)/C(=C/c2cc(Cl)ccc2OCC(=O)Nc2ccc(S(N)(=O)=O)cc2)S1. The number of nitrogens with zero attached hydrogens (tertiary/aromatic N) is 1. The summed E-state index contributed by atoms with van der Waals surface area (Å²) in [5, 5.41) is 8.16. The number of amides is 2. The first-order valence-electron chi connectivity index (χ1n) is 8.25. The third-order valence-corrected chi connectivity index (χ3v) is 5.70. The number of carbonyl (C=O) groups excluding carboxylic acids is 2. The number of hydrogen-bond acceptors (Lipinski definition) is 7. The molecule has 0 fully saturated rings. The summed E-state index contributed by atoms with van der Waals surface area (Å²) in [7, 11) is -3.82. The average molecular weight is 467 g/mol. The first kappa shape index (κ1) is 21.8. The fourth-order valence-corrected chi connectivity index (χ4v) is 3.77. The Morgan fingerprint density at radius 1 is 1.23 bits per heavy atom. The third kappa shape index (κ3) is 5.60. The van der Waals surface area contributed by atoms with E-state index in [-0.39, 0.29) is 16.7 Å². The van der Waals surface area contributed by atoms with Crippen LogP contribution >= 0.6 is 23.4 Å². The molecular formula is C18H15ClN4O5S2. The lowest BCUT2D eigenvalue weighted by Gasteiger charge is -2.11. The molecule has 3 rings (SSSR count). The van der Waals surface area contributed by atoms with Crippen molar-refractivity contribution in [2.75, 3.05) is 11.9 Å². The van der Waals surface area contributed by atoms with Gasteiger partial charge in [0.2, 0.25) is 10.0 Å². The van der Waals surface area contributed by atoms with Crippen molar-refractivity contribution in [2.24, 2.45) is 15.9 Å². The van der Waals surface area contributed by atoms with Gasteiger partial charge in [0, 0.05) is 16.3 Å². The Kier molecular flexibility index (Phi) is 6.46. The number of hydrogen-bond donors (Lipinski definition) is 3. The molecule has 0 aromatic heterocycles. The fraction of sp³-hybridized carbons (Fsp3) is 0.0556. The number of amidine groups is 1. The minimum atomic E-state index is -3.82. The maximum atomic E-state index is 12.2. The summed E-state index contributed by atoms with van der Waals surface area (Å²) in [5.74, 6) is -0.625. The quantitative estimate of drug-likeness (QED) is 0.549. The fourth-order valence-electron chi connectivity index (χ4n) is 2.40. The number of halogens is 1. The molecule has 1 aliphatic rings. The largest absolute Gasteiger partial charge is 0.483 e. The smallest absolute Gasteiger partial charge is 0.286 e. The zero-order valence-electron chi connectivity index (χ0n) is 15.2. The van der Waals surface area contributed by atoms with Crippen LogP contribution in [0.15, 0.2) is 57.3 Å². The molecule has 1 aliphatic heterocycles. The van der Waals surface area contributed by atoms with Crippen molar-refractivity contribution in [3.8, 4) is 5.75 Å². The Bertz CT molecular complexity index is 1180. The second-order valence-electron chi connectivity index (χ2n) is 5.95. The van der Waals surface area contributed by atoms with Crippen LogP contribution in [0, 0.1) is 0 Å². The molecule has 0 unspecified atom stereocenters. The number of nitrogens with two attached hydrogens (primary N) is 2. The van der Waals surface area contributed by atoms with Crippen LogP contribution in [0.2, 0.25) is 5.02 Å². The van der Waals surface area contributed by atoms with Gasteiger partial charge in [0.1, 0.15) is 5.75 Å². The van der Waals surface area contributed by atoms with Gasteiger partial charge in [-0.15, -0.1) is 0 Å². The van der Waals surface area contributed by atoms with E-state index in [9.17, 15) is 18.0 Å². The van der Waals surface area contributed by atoms with E-state index in [1.165, 1.54) is 30.3 Å². The Balaban J connectivity index is 1.68. The summed E-state index contributed by atoms with van der Waals surface area (Å²) in [6, 6.07) is 10.1. The number of anilines is 1. The predicted octanol–water partition coefficient (Wildman–Crippen LogP) is 1.93. The van der Waals surface area contributed by atoms with Crippen molar-refractivity contribution in [1.82, 2.24) is 0 Å². The van der Waals surface area contributed by atoms with E-state index in [2.05, 4.69) is 10.3 Å². The monoisotopic (exact) mass is 466 g/mol. The third-order valence-electron chi connectivity index (χ3n) is 3.72. The van der Waals surface area contributed by atoms with Crippen molar-refractivity contribution < 1.29 is 22.7 Å². The number of rotatable bonds is 6. The Morgan fingerprint density at radius 3 is 2.53 bits per heavy atom. The predicted molar refractivity (Wildman–Crippen MR) is 116 cm³/mol. The van der Waals surface area contributed by atoms with Crippen LogP contribution in [0.4, 0.5) is 5.69 Å². The van der Waals surface area contributed by atoms with E-state index in [1.54, 1.807) is 18.2 Å². The first-order valence-corrected chi connectivity index (χ1v) is 11.0. The minimum Gasteiger partial charge on any atom is -0.483 e. The summed E-state index contributed by atoms with van der Waals surface area (Å²) >= 11 is 7.04. The lowest BCUT2D eigenvalue weighted by atomic mass is 10.2. The van der Waals surface area contributed by atoms with Crippen LogP contribution in [0.3, 0.4) is 0 Å². The van der Waals surface area contributed by atoms with E-state index >= 15 is 0 Å². The van der Waals surface area contributed by atoms with Gasteiger partial charge in [-0.3, -0.25) is 9.59 Å². The number of sulfonamides is 1. The molecule has 0 saturated heterocycles. The molecule has 0 saturated carbocycles. The van der Waals surface area contributed by atoms with E-state index in [4.69, 9.17) is 27.2 Å². The standard InChI is InChI=1S/C18H15ClN4O5S2/c19-11-1-6-14(10(7-11)8-15-17(25)23-18(20)29-15)28-9-16(24)22-12-2-4-13(5-3-12)30(21,26)27/h1-8H,9H2,(H,22,24)(H2,20,23,25)(H2,21,26,27)/b15-8-. The number of ether oxygens (including phenoxy) is 1. The van der Waals surface area contributed by atoms with Crippen LogP contribution in [-0.2, 0) is 19.6 Å². The van der Waals surface area contributed by atoms with Crippen LogP contribution in [0.1, 0.15) is 5.56 Å². The van der Waals surface area contributed by atoms with Gasteiger partial charge in [0.05, 0.1) is 9.80 Å². The normalized spacial score (nSPS) is 15.2. The number of benzene rings is 2. The number of nitrogens with one attached hydrogen (secondary N) is 1. The zero-order chi connectivity index (χ0) is 21.9.